The summed E-state index contributed by atoms with van der Waals surface area (Å²) in [7, 11) is 0. The number of hydrogen-bond donors (Lipinski definition) is 3. The van der Waals surface area contributed by atoms with E-state index in [0.29, 0.717) is 24.2 Å². The van der Waals surface area contributed by atoms with E-state index in [1.807, 2.05) is 24.3 Å². The van der Waals surface area contributed by atoms with E-state index in [2.05, 4.69) is 5.32 Å². The normalized spacial score (nSPS) is 10.1. The predicted octanol–water partition coefficient (Wildman–Crippen LogP) is 1.17. The van der Waals surface area contributed by atoms with Crippen LogP contribution in [0.15, 0.2) is 48.5 Å². The Bertz CT molecular complexity index is 651. The molecule has 0 unspecified atom stereocenters. The summed E-state index contributed by atoms with van der Waals surface area (Å²) in [5.74, 6) is -0.803. The number of amides is 2. The number of rotatable bonds is 5. The second-order valence-corrected chi connectivity index (χ2v) is 4.65. The van der Waals surface area contributed by atoms with E-state index in [4.69, 9.17) is 11.5 Å². The molecule has 0 saturated heterocycles. The van der Waals surface area contributed by atoms with Crippen LogP contribution >= 0.6 is 0 Å². The molecule has 0 saturated carbocycles. The molecule has 0 aliphatic heterocycles. The van der Waals surface area contributed by atoms with Crippen LogP contribution in [-0.4, -0.2) is 11.8 Å². The van der Waals surface area contributed by atoms with Crippen LogP contribution in [0.5, 0.6) is 0 Å². The van der Waals surface area contributed by atoms with Crippen LogP contribution in [0.25, 0.3) is 0 Å². The molecule has 2 aromatic carbocycles. The van der Waals surface area contributed by atoms with Gasteiger partial charge in [0.2, 0.25) is 5.91 Å². The van der Waals surface area contributed by atoms with E-state index in [0.717, 1.165) is 11.1 Å². The van der Waals surface area contributed by atoms with Crippen molar-refractivity contribution in [2.75, 3.05) is 0 Å². The third-order valence-corrected chi connectivity index (χ3v) is 3.12. The van der Waals surface area contributed by atoms with Gasteiger partial charge in [0.1, 0.15) is 0 Å². The van der Waals surface area contributed by atoms with Crippen LogP contribution in [0.3, 0.4) is 0 Å². The van der Waals surface area contributed by atoms with E-state index in [1.54, 1.807) is 18.2 Å². The monoisotopic (exact) mass is 283 g/mol. The number of hydrogen-bond acceptors (Lipinski definition) is 3. The van der Waals surface area contributed by atoms with E-state index in [-0.39, 0.29) is 5.91 Å². The molecule has 0 fully saturated rings. The molecule has 0 aliphatic carbocycles. The van der Waals surface area contributed by atoms with Gasteiger partial charge in [-0.25, -0.2) is 0 Å². The minimum absolute atomic E-state index is 0.249. The molecule has 2 amide bonds. The highest BCUT2D eigenvalue weighted by Gasteiger charge is 2.08. The summed E-state index contributed by atoms with van der Waals surface area (Å²) in [6.07, 6.45) is 0. The highest BCUT2D eigenvalue weighted by molar-refractivity contribution is 5.99. The summed E-state index contributed by atoms with van der Waals surface area (Å²) in [5.41, 5.74) is 13.5. The summed E-state index contributed by atoms with van der Waals surface area (Å²) in [4.78, 5) is 23.1. The van der Waals surface area contributed by atoms with E-state index < -0.39 is 5.91 Å². The average Bonchev–Trinajstić information content (AvgIpc) is 2.53. The highest BCUT2D eigenvalue weighted by atomic mass is 16.2. The molecule has 5 nitrogen and oxygen atoms in total. The number of nitrogens with one attached hydrogen (secondary N) is 1. The lowest BCUT2D eigenvalue weighted by Crippen LogP contribution is -2.23. The topological polar surface area (TPSA) is 98.2 Å². The molecule has 5 heteroatoms. The Labute approximate surface area is 123 Å². The number of primary amides is 1. The summed E-state index contributed by atoms with van der Waals surface area (Å²) < 4.78 is 0. The van der Waals surface area contributed by atoms with Gasteiger partial charge in [-0.1, -0.05) is 30.3 Å². The first kappa shape index (κ1) is 14.7. The number of benzene rings is 2. The van der Waals surface area contributed by atoms with Crippen LogP contribution in [-0.2, 0) is 13.1 Å². The quantitative estimate of drug-likeness (QED) is 0.768. The zero-order chi connectivity index (χ0) is 15.2. The average molecular weight is 283 g/mol. The Balaban J connectivity index is 2.00. The molecule has 0 heterocycles. The Kier molecular flexibility index (Phi) is 4.68. The van der Waals surface area contributed by atoms with Crippen LogP contribution < -0.4 is 16.8 Å². The molecule has 0 radical (unpaired) electrons. The standard InChI is InChI=1S/C16H17N3O2/c17-9-11-4-6-12(7-5-11)10-19-16(21)14-3-1-2-13(8-14)15(18)20/h1-8H,9-10,17H2,(H2,18,20)(H,19,21). The van der Waals surface area contributed by atoms with Gasteiger partial charge in [0.05, 0.1) is 0 Å². The molecule has 108 valence electrons. The number of carbonyl (C=O) groups excluding carboxylic acids is 2. The minimum atomic E-state index is -0.554. The van der Waals surface area contributed by atoms with Gasteiger partial charge in [0, 0.05) is 24.2 Å². The van der Waals surface area contributed by atoms with Crippen molar-refractivity contribution < 1.29 is 9.59 Å². The molecule has 0 aromatic heterocycles. The molecular weight excluding hydrogens is 266 g/mol. The molecule has 2 aromatic rings. The first-order chi connectivity index (χ1) is 10.1. The van der Waals surface area contributed by atoms with Crippen molar-refractivity contribution >= 4 is 11.8 Å². The number of nitrogens with two attached hydrogens (primary N) is 2. The number of carbonyl (C=O) groups is 2. The zero-order valence-electron chi connectivity index (χ0n) is 11.5. The molecular formula is C16H17N3O2. The van der Waals surface area contributed by atoms with Crippen molar-refractivity contribution in [1.82, 2.24) is 5.32 Å². The van der Waals surface area contributed by atoms with Crippen LogP contribution in [0.1, 0.15) is 31.8 Å². The van der Waals surface area contributed by atoms with E-state index in [9.17, 15) is 9.59 Å². The van der Waals surface area contributed by atoms with Gasteiger partial charge in [0.25, 0.3) is 5.91 Å². The smallest absolute Gasteiger partial charge is 0.251 e. The van der Waals surface area contributed by atoms with Crippen molar-refractivity contribution in [2.45, 2.75) is 13.1 Å². The lowest BCUT2D eigenvalue weighted by Gasteiger charge is -2.07. The van der Waals surface area contributed by atoms with Crippen molar-refractivity contribution in [1.29, 1.82) is 0 Å². The van der Waals surface area contributed by atoms with Gasteiger partial charge in [-0.15, -0.1) is 0 Å². The minimum Gasteiger partial charge on any atom is -0.366 e. The predicted molar refractivity (Wildman–Crippen MR) is 80.5 cm³/mol. The zero-order valence-corrected chi connectivity index (χ0v) is 11.5. The fourth-order valence-electron chi connectivity index (χ4n) is 1.89. The third kappa shape index (κ3) is 3.90. The summed E-state index contributed by atoms with van der Waals surface area (Å²) in [6, 6.07) is 14.0. The summed E-state index contributed by atoms with van der Waals surface area (Å²) in [5, 5.41) is 2.80. The largest absolute Gasteiger partial charge is 0.366 e. The van der Waals surface area contributed by atoms with E-state index in [1.165, 1.54) is 6.07 Å². The SMILES string of the molecule is NCc1ccc(CNC(=O)c2cccc(C(N)=O)c2)cc1. The Morgan fingerprint density at radius 2 is 1.57 bits per heavy atom. The van der Waals surface area contributed by atoms with Crippen molar-refractivity contribution in [2.24, 2.45) is 11.5 Å². The van der Waals surface area contributed by atoms with Gasteiger partial charge >= 0.3 is 0 Å². The maximum Gasteiger partial charge on any atom is 0.251 e. The summed E-state index contributed by atoms with van der Waals surface area (Å²) >= 11 is 0. The van der Waals surface area contributed by atoms with Gasteiger partial charge in [0.15, 0.2) is 0 Å². The van der Waals surface area contributed by atoms with Crippen LogP contribution in [0.2, 0.25) is 0 Å². The van der Waals surface area contributed by atoms with Gasteiger partial charge < -0.3 is 16.8 Å². The lowest BCUT2D eigenvalue weighted by atomic mass is 10.1. The third-order valence-electron chi connectivity index (χ3n) is 3.12. The molecule has 5 N–H and O–H groups in total. The maximum atomic E-state index is 12.0. The Morgan fingerprint density at radius 3 is 2.19 bits per heavy atom. The second kappa shape index (κ2) is 6.67. The lowest BCUT2D eigenvalue weighted by molar-refractivity contribution is 0.0951. The fraction of sp³-hybridized carbons (Fsp3) is 0.125. The first-order valence-electron chi connectivity index (χ1n) is 6.56. The molecule has 0 bridgehead atoms. The van der Waals surface area contributed by atoms with Crippen molar-refractivity contribution in [3.05, 3.63) is 70.8 Å². The second-order valence-electron chi connectivity index (χ2n) is 4.65. The molecule has 0 atom stereocenters. The van der Waals surface area contributed by atoms with Crippen molar-refractivity contribution in [3.63, 3.8) is 0 Å². The first-order valence-corrected chi connectivity index (χ1v) is 6.56. The fourth-order valence-corrected chi connectivity index (χ4v) is 1.89. The van der Waals surface area contributed by atoms with Gasteiger partial charge in [-0.05, 0) is 29.3 Å². The summed E-state index contributed by atoms with van der Waals surface area (Å²) in [6.45, 7) is 0.900. The van der Waals surface area contributed by atoms with Crippen molar-refractivity contribution in [3.8, 4) is 0 Å². The van der Waals surface area contributed by atoms with Crippen LogP contribution in [0.4, 0.5) is 0 Å². The Hall–Kier alpha value is -2.66. The molecule has 0 aliphatic rings. The van der Waals surface area contributed by atoms with Gasteiger partial charge in [-0.3, -0.25) is 9.59 Å². The van der Waals surface area contributed by atoms with Gasteiger partial charge in [-0.2, -0.15) is 0 Å². The molecule has 21 heavy (non-hydrogen) atoms. The highest BCUT2D eigenvalue weighted by Crippen LogP contribution is 2.07. The molecule has 2 rings (SSSR count). The van der Waals surface area contributed by atoms with E-state index >= 15 is 0 Å². The maximum absolute atomic E-state index is 12.0. The Morgan fingerprint density at radius 1 is 0.952 bits per heavy atom. The van der Waals surface area contributed by atoms with Crippen LogP contribution in [0, 0.1) is 0 Å². The molecule has 0 spiro atoms.